The van der Waals surface area contributed by atoms with Crippen LogP contribution in [0.15, 0.2) is 0 Å². The summed E-state index contributed by atoms with van der Waals surface area (Å²) in [6.45, 7) is 2.24. The van der Waals surface area contributed by atoms with E-state index in [4.69, 9.17) is 15.3 Å². The summed E-state index contributed by atoms with van der Waals surface area (Å²) in [7, 11) is 0. The highest BCUT2D eigenvalue weighted by molar-refractivity contribution is 4.55. The predicted molar refractivity (Wildman–Crippen MR) is 42.3 cm³/mol. The van der Waals surface area contributed by atoms with Gasteiger partial charge in [-0.2, -0.15) is 0 Å². The summed E-state index contributed by atoms with van der Waals surface area (Å²) in [5.74, 6) is 0. The van der Waals surface area contributed by atoms with Gasteiger partial charge in [0.2, 0.25) is 0 Å². The van der Waals surface area contributed by atoms with Crippen molar-refractivity contribution >= 4 is 0 Å². The van der Waals surface area contributed by atoms with Crippen LogP contribution in [0.2, 0.25) is 0 Å². The summed E-state index contributed by atoms with van der Waals surface area (Å²) >= 11 is 0. The van der Waals surface area contributed by atoms with Crippen LogP contribution < -0.4 is 0 Å². The van der Waals surface area contributed by atoms with E-state index in [1.165, 1.54) is 0 Å². The van der Waals surface area contributed by atoms with Gasteiger partial charge in [-0.15, -0.1) is 0 Å². The molecule has 68 valence electrons. The molecular formula is C7H17NO3. The van der Waals surface area contributed by atoms with E-state index in [9.17, 15) is 0 Å². The number of hydrogen-bond acceptors (Lipinski definition) is 4. The van der Waals surface area contributed by atoms with E-state index in [-0.39, 0.29) is 19.8 Å². The van der Waals surface area contributed by atoms with Crippen LogP contribution >= 0.6 is 0 Å². The van der Waals surface area contributed by atoms with Gasteiger partial charge in [0.1, 0.15) is 0 Å². The van der Waals surface area contributed by atoms with E-state index in [1.54, 1.807) is 0 Å². The molecule has 0 saturated carbocycles. The van der Waals surface area contributed by atoms with Gasteiger partial charge < -0.3 is 15.3 Å². The van der Waals surface area contributed by atoms with E-state index in [0.29, 0.717) is 19.5 Å². The zero-order chi connectivity index (χ0) is 8.53. The number of aliphatic hydroxyl groups is 3. The van der Waals surface area contributed by atoms with Crippen LogP contribution in [0, 0.1) is 0 Å². The van der Waals surface area contributed by atoms with Crippen molar-refractivity contribution < 1.29 is 15.3 Å². The molecule has 0 rings (SSSR count). The normalized spacial score (nSPS) is 10.9. The number of rotatable bonds is 7. The van der Waals surface area contributed by atoms with E-state index in [1.807, 2.05) is 4.90 Å². The first kappa shape index (κ1) is 10.8. The van der Waals surface area contributed by atoms with Gasteiger partial charge in [-0.05, 0) is 6.42 Å². The molecule has 0 fully saturated rings. The predicted octanol–water partition coefficient (Wildman–Crippen LogP) is -1.34. The van der Waals surface area contributed by atoms with E-state index >= 15 is 0 Å². The minimum Gasteiger partial charge on any atom is -0.396 e. The highest BCUT2D eigenvalue weighted by atomic mass is 16.3. The van der Waals surface area contributed by atoms with E-state index in [0.717, 1.165) is 6.54 Å². The van der Waals surface area contributed by atoms with Crippen LogP contribution in [0.3, 0.4) is 0 Å². The maximum atomic E-state index is 8.58. The zero-order valence-electron chi connectivity index (χ0n) is 6.74. The Morgan fingerprint density at radius 1 is 0.727 bits per heavy atom. The average molecular weight is 163 g/mol. The minimum atomic E-state index is 0.103. The van der Waals surface area contributed by atoms with Crippen LogP contribution in [0.25, 0.3) is 0 Å². The second-order valence-electron chi connectivity index (χ2n) is 2.37. The second-order valence-corrected chi connectivity index (χ2v) is 2.37. The SMILES string of the molecule is OCCCN(CCO)CCO. The Bertz CT molecular complexity index is 74.1. The molecule has 0 spiro atoms. The van der Waals surface area contributed by atoms with Crippen LogP contribution in [0.4, 0.5) is 0 Å². The Labute approximate surface area is 67.1 Å². The van der Waals surface area contributed by atoms with Gasteiger partial charge in [-0.3, -0.25) is 4.90 Å². The molecule has 0 aromatic rings. The minimum absolute atomic E-state index is 0.103. The standard InChI is InChI=1S/C7H17NO3/c9-5-1-2-8(3-6-10)4-7-11/h9-11H,1-7H2. The summed E-state index contributed by atoms with van der Waals surface area (Å²) in [5, 5.41) is 25.7. The molecule has 0 atom stereocenters. The molecule has 0 bridgehead atoms. The molecule has 4 heteroatoms. The smallest absolute Gasteiger partial charge is 0.0558 e. The molecule has 0 heterocycles. The molecule has 0 saturated heterocycles. The third-order valence-corrected chi connectivity index (χ3v) is 1.46. The third-order valence-electron chi connectivity index (χ3n) is 1.46. The maximum Gasteiger partial charge on any atom is 0.0558 e. The Balaban J connectivity index is 3.34. The molecule has 0 aromatic carbocycles. The number of hydrogen-bond donors (Lipinski definition) is 3. The lowest BCUT2D eigenvalue weighted by Crippen LogP contribution is -2.31. The lowest BCUT2D eigenvalue weighted by Gasteiger charge is -2.18. The fourth-order valence-corrected chi connectivity index (χ4v) is 0.913. The fourth-order valence-electron chi connectivity index (χ4n) is 0.913. The third kappa shape index (κ3) is 6.25. The van der Waals surface area contributed by atoms with Crippen molar-refractivity contribution in [3.63, 3.8) is 0 Å². The van der Waals surface area contributed by atoms with Crippen molar-refractivity contribution in [2.75, 3.05) is 39.5 Å². The molecule has 0 unspecified atom stereocenters. The van der Waals surface area contributed by atoms with Crippen LogP contribution in [-0.4, -0.2) is 59.7 Å². The van der Waals surface area contributed by atoms with Gasteiger partial charge in [-0.25, -0.2) is 0 Å². The molecule has 0 aliphatic heterocycles. The van der Waals surface area contributed by atoms with E-state index in [2.05, 4.69) is 0 Å². The maximum absolute atomic E-state index is 8.58. The average Bonchev–Trinajstić information content (AvgIpc) is 2.01. The number of aliphatic hydroxyl groups excluding tert-OH is 3. The molecule has 0 aliphatic carbocycles. The van der Waals surface area contributed by atoms with Gasteiger partial charge in [0.05, 0.1) is 13.2 Å². The summed E-state index contributed by atoms with van der Waals surface area (Å²) in [4.78, 5) is 1.91. The van der Waals surface area contributed by atoms with Gasteiger partial charge in [0, 0.05) is 26.2 Å². The van der Waals surface area contributed by atoms with Crippen molar-refractivity contribution in [3.8, 4) is 0 Å². The first-order valence-corrected chi connectivity index (χ1v) is 3.90. The van der Waals surface area contributed by atoms with Crippen molar-refractivity contribution in [2.45, 2.75) is 6.42 Å². The Hall–Kier alpha value is -0.160. The first-order chi connectivity index (χ1) is 5.35. The molecule has 11 heavy (non-hydrogen) atoms. The quantitative estimate of drug-likeness (QED) is 0.434. The van der Waals surface area contributed by atoms with Crippen molar-refractivity contribution in [1.29, 1.82) is 0 Å². The molecule has 0 radical (unpaired) electrons. The molecule has 0 aliphatic rings. The Kier molecular flexibility index (Phi) is 7.83. The molecular weight excluding hydrogens is 146 g/mol. The van der Waals surface area contributed by atoms with Crippen molar-refractivity contribution in [3.05, 3.63) is 0 Å². The van der Waals surface area contributed by atoms with Crippen LogP contribution in [0.1, 0.15) is 6.42 Å². The van der Waals surface area contributed by atoms with Crippen molar-refractivity contribution in [1.82, 2.24) is 4.90 Å². The molecule has 0 amide bonds. The second kappa shape index (κ2) is 7.94. The zero-order valence-corrected chi connectivity index (χ0v) is 6.74. The molecule has 0 aromatic heterocycles. The van der Waals surface area contributed by atoms with Gasteiger partial charge in [0.15, 0.2) is 0 Å². The lowest BCUT2D eigenvalue weighted by molar-refractivity contribution is 0.150. The Morgan fingerprint density at radius 3 is 1.64 bits per heavy atom. The lowest BCUT2D eigenvalue weighted by atomic mass is 10.4. The van der Waals surface area contributed by atoms with Crippen LogP contribution in [0.5, 0.6) is 0 Å². The van der Waals surface area contributed by atoms with Crippen LogP contribution in [-0.2, 0) is 0 Å². The number of nitrogens with zero attached hydrogens (tertiary/aromatic N) is 1. The molecule has 3 N–H and O–H groups in total. The van der Waals surface area contributed by atoms with Crippen molar-refractivity contribution in [2.24, 2.45) is 0 Å². The van der Waals surface area contributed by atoms with Gasteiger partial charge in [-0.1, -0.05) is 0 Å². The monoisotopic (exact) mass is 163 g/mol. The summed E-state index contributed by atoms with van der Waals surface area (Å²) in [6, 6.07) is 0. The largest absolute Gasteiger partial charge is 0.396 e. The topological polar surface area (TPSA) is 63.9 Å². The van der Waals surface area contributed by atoms with E-state index < -0.39 is 0 Å². The first-order valence-electron chi connectivity index (χ1n) is 3.90. The fraction of sp³-hybridized carbons (Fsp3) is 1.00. The summed E-state index contributed by atoms with van der Waals surface area (Å²) in [5.41, 5.74) is 0. The summed E-state index contributed by atoms with van der Waals surface area (Å²) < 4.78 is 0. The highest BCUT2D eigenvalue weighted by Gasteiger charge is 2.01. The summed E-state index contributed by atoms with van der Waals surface area (Å²) in [6.07, 6.45) is 0.694. The Morgan fingerprint density at radius 2 is 1.27 bits per heavy atom. The van der Waals surface area contributed by atoms with Gasteiger partial charge in [0.25, 0.3) is 0 Å². The van der Waals surface area contributed by atoms with Gasteiger partial charge >= 0.3 is 0 Å². The highest BCUT2D eigenvalue weighted by Crippen LogP contribution is 1.89. The molecule has 4 nitrogen and oxygen atoms in total.